The highest BCUT2D eigenvalue weighted by Crippen LogP contribution is 2.33. The van der Waals surface area contributed by atoms with Gasteiger partial charge in [0, 0.05) is 36.9 Å². The molecule has 1 fully saturated rings. The maximum absolute atomic E-state index is 12.9. The summed E-state index contributed by atoms with van der Waals surface area (Å²) < 4.78 is 32.5. The molecular formula is C19H25N3O4S2. The Morgan fingerprint density at radius 3 is 2.79 bits per heavy atom. The molecule has 0 unspecified atom stereocenters. The van der Waals surface area contributed by atoms with Crippen molar-refractivity contribution in [1.29, 1.82) is 0 Å². The van der Waals surface area contributed by atoms with Crippen LogP contribution in [0.1, 0.15) is 42.8 Å². The van der Waals surface area contributed by atoms with E-state index < -0.39 is 10.0 Å². The van der Waals surface area contributed by atoms with Crippen LogP contribution in [0.15, 0.2) is 34.5 Å². The Kier molecular flexibility index (Phi) is 6.69. The monoisotopic (exact) mass is 423 g/mol. The molecule has 0 aliphatic carbocycles. The second-order valence-corrected chi connectivity index (χ2v) is 9.49. The van der Waals surface area contributed by atoms with Crippen molar-refractivity contribution in [2.24, 2.45) is 0 Å². The first kappa shape index (κ1) is 20.8. The molecule has 0 saturated carbocycles. The van der Waals surface area contributed by atoms with Crippen molar-refractivity contribution < 1.29 is 17.9 Å². The number of rotatable bonds is 7. The molecule has 0 atom stereocenters. The van der Waals surface area contributed by atoms with E-state index >= 15 is 0 Å². The van der Waals surface area contributed by atoms with Crippen molar-refractivity contribution >= 4 is 27.3 Å². The average molecular weight is 424 g/mol. The van der Waals surface area contributed by atoms with Crippen molar-refractivity contribution in [3.63, 3.8) is 0 Å². The van der Waals surface area contributed by atoms with Gasteiger partial charge in [0.1, 0.15) is 5.75 Å². The number of benzene rings is 1. The summed E-state index contributed by atoms with van der Waals surface area (Å²) in [5.74, 6) is 0.782. The molecule has 2 heterocycles. The normalized spacial score (nSPS) is 16.1. The molecule has 2 aromatic rings. The van der Waals surface area contributed by atoms with Crippen LogP contribution in [-0.2, 0) is 21.4 Å². The lowest BCUT2D eigenvalue weighted by Gasteiger charge is -2.30. The minimum Gasteiger partial charge on any atom is -0.497 e. The van der Waals surface area contributed by atoms with E-state index in [1.807, 2.05) is 12.3 Å². The van der Waals surface area contributed by atoms with Crippen molar-refractivity contribution in [2.75, 3.05) is 20.2 Å². The number of carbonyl (C=O) groups excluding carboxylic acids is 1. The van der Waals surface area contributed by atoms with Gasteiger partial charge >= 0.3 is 0 Å². The van der Waals surface area contributed by atoms with Gasteiger partial charge in [0.25, 0.3) is 0 Å². The number of methoxy groups -OCH3 is 1. The lowest BCUT2D eigenvalue weighted by atomic mass is 9.99. The molecular weight excluding hydrogens is 398 g/mol. The van der Waals surface area contributed by atoms with Crippen LogP contribution in [-0.4, -0.2) is 43.8 Å². The summed E-state index contributed by atoms with van der Waals surface area (Å²) in [7, 11) is -2.01. The van der Waals surface area contributed by atoms with Gasteiger partial charge in [-0.1, -0.05) is 13.0 Å². The summed E-state index contributed by atoms with van der Waals surface area (Å²) in [6.07, 6.45) is 1.92. The zero-order valence-electron chi connectivity index (χ0n) is 16.1. The van der Waals surface area contributed by atoms with Gasteiger partial charge in [-0.25, -0.2) is 13.4 Å². The maximum atomic E-state index is 12.9. The molecule has 0 spiro atoms. The van der Waals surface area contributed by atoms with E-state index in [2.05, 4.69) is 10.3 Å². The van der Waals surface area contributed by atoms with Gasteiger partial charge in [-0.2, -0.15) is 4.31 Å². The molecule has 7 nitrogen and oxygen atoms in total. The molecule has 9 heteroatoms. The Hall–Kier alpha value is -1.97. The number of aromatic nitrogens is 1. The van der Waals surface area contributed by atoms with Crippen LogP contribution in [0, 0.1) is 0 Å². The van der Waals surface area contributed by atoms with Gasteiger partial charge in [0.15, 0.2) is 0 Å². The van der Waals surface area contributed by atoms with Crippen molar-refractivity contribution in [2.45, 2.75) is 43.5 Å². The molecule has 152 valence electrons. The van der Waals surface area contributed by atoms with E-state index in [1.54, 1.807) is 35.6 Å². The molecule has 1 aliphatic heterocycles. The van der Waals surface area contributed by atoms with Crippen molar-refractivity contribution in [1.82, 2.24) is 14.6 Å². The molecule has 0 bridgehead atoms. The van der Waals surface area contributed by atoms with E-state index in [9.17, 15) is 13.2 Å². The Bertz CT molecular complexity index is 919. The summed E-state index contributed by atoms with van der Waals surface area (Å²) in [6.45, 7) is 3.18. The number of sulfonamides is 1. The zero-order valence-corrected chi connectivity index (χ0v) is 17.7. The highest BCUT2D eigenvalue weighted by molar-refractivity contribution is 7.89. The van der Waals surface area contributed by atoms with E-state index in [0.717, 1.165) is 23.5 Å². The number of ether oxygens (including phenoxy) is 1. The summed E-state index contributed by atoms with van der Waals surface area (Å²) in [5.41, 5.74) is 0.855. The first-order valence-corrected chi connectivity index (χ1v) is 11.6. The number of hydrogen-bond donors (Lipinski definition) is 1. The Morgan fingerprint density at radius 1 is 1.36 bits per heavy atom. The molecule has 1 amide bonds. The number of nitrogens with zero attached hydrogens (tertiary/aromatic N) is 2. The third-order valence-corrected chi connectivity index (χ3v) is 7.79. The zero-order chi connectivity index (χ0) is 20.1. The van der Waals surface area contributed by atoms with Gasteiger partial charge in [0.05, 0.1) is 29.3 Å². The third kappa shape index (κ3) is 4.71. The highest BCUT2D eigenvalue weighted by atomic mass is 32.2. The van der Waals surface area contributed by atoms with Crippen LogP contribution in [0.25, 0.3) is 0 Å². The van der Waals surface area contributed by atoms with Crippen LogP contribution < -0.4 is 10.1 Å². The predicted octanol–water partition coefficient (Wildman–Crippen LogP) is 2.75. The molecule has 0 radical (unpaired) electrons. The number of hydrogen-bond acceptors (Lipinski definition) is 6. The van der Waals surface area contributed by atoms with Gasteiger partial charge in [-0.3, -0.25) is 4.79 Å². The topological polar surface area (TPSA) is 88.6 Å². The number of thiazole rings is 1. The number of carbonyl (C=O) groups is 1. The average Bonchev–Trinajstić information content (AvgIpc) is 3.21. The SMILES string of the molecule is CCC(=O)NCc1csc(C2CCN(S(=O)(=O)c3cccc(OC)c3)CC2)n1. The number of amides is 1. The van der Waals surface area contributed by atoms with Gasteiger partial charge in [-0.15, -0.1) is 11.3 Å². The van der Waals surface area contributed by atoms with Crippen LogP contribution in [0.3, 0.4) is 0 Å². The van der Waals surface area contributed by atoms with Crippen LogP contribution in [0.4, 0.5) is 0 Å². The second kappa shape index (κ2) is 9.02. The standard InChI is InChI=1S/C19H25N3O4S2/c1-3-18(23)20-12-15-13-27-19(21-15)14-7-9-22(10-8-14)28(24,25)17-6-4-5-16(11-17)26-2/h4-6,11,13-14H,3,7-10,12H2,1-2H3,(H,20,23). The fourth-order valence-corrected chi connectivity index (χ4v) is 5.66. The predicted molar refractivity (Wildman–Crippen MR) is 108 cm³/mol. The van der Waals surface area contributed by atoms with Crippen molar-refractivity contribution in [3.8, 4) is 5.75 Å². The van der Waals surface area contributed by atoms with E-state index in [-0.39, 0.29) is 16.7 Å². The van der Waals surface area contributed by atoms with Crippen LogP contribution in [0.5, 0.6) is 5.75 Å². The van der Waals surface area contributed by atoms with E-state index in [1.165, 1.54) is 11.4 Å². The van der Waals surface area contributed by atoms with Crippen LogP contribution >= 0.6 is 11.3 Å². The molecule has 1 aromatic heterocycles. The lowest BCUT2D eigenvalue weighted by molar-refractivity contribution is -0.120. The highest BCUT2D eigenvalue weighted by Gasteiger charge is 2.31. The fraction of sp³-hybridized carbons (Fsp3) is 0.474. The molecule has 1 aromatic carbocycles. The Morgan fingerprint density at radius 2 is 2.11 bits per heavy atom. The Labute approximate surface area is 169 Å². The number of nitrogens with one attached hydrogen (secondary N) is 1. The largest absolute Gasteiger partial charge is 0.497 e. The smallest absolute Gasteiger partial charge is 0.243 e. The lowest BCUT2D eigenvalue weighted by Crippen LogP contribution is -2.37. The number of piperidine rings is 1. The summed E-state index contributed by atoms with van der Waals surface area (Å²) in [6, 6.07) is 6.57. The van der Waals surface area contributed by atoms with Gasteiger partial charge in [-0.05, 0) is 25.0 Å². The van der Waals surface area contributed by atoms with Crippen molar-refractivity contribution in [3.05, 3.63) is 40.3 Å². The summed E-state index contributed by atoms with van der Waals surface area (Å²) in [5, 5.41) is 5.80. The second-order valence-electron chi connectivity index (χ2n) is 6.66. The first-order valence-electron chi connectivity index (χ1n) is 9.29. The van der Waals surface area contributed by atoms with Crippen LogP contribution in [0.2, 0.25) is 0 Å². The van der Waals surface area contributed by atoms with E-state index in [4.69, 9.17) is 4.74 Å². The summed E-state index contributed by atoms with van der Waals surface area (Å²) >= 11 is 1.58. The maximum Gasteiger partial charge on any atom is 0.243 e. The minimum absolute atomic E-state index is 0.00519. The van der Waals surface area contributed by atoms with Gasteiger partial charge < -0.3 is 10.1 Å². The van der Waals surface area contributed by atoms with E-state index in [0.29, 0.717) is 31.8 Å². The molecule has 1 aliphatic rings. The quantitative estimate of drug-likeness (QED) is 0.740. The van der Waals surface area contributed by atoms with Gasteiger partial charge in [0.2, 0.25) is 15.9 Å². The molecule has 28 heavy (non-hydrogen) atoms. The summed E-state index contributed by atoms with van der Waals surface area (Å²) in [4.78, 5) is 16.3. The minimum atomic E-state index is -3.53. The first-order chi connectivity index (χ1) is 13.4. The fourth-order valence-electron chi connectivity index (χ4n) is 3.16. The Balaban J connectivity index is 1.61. The molecule has 3 rings (SSSR count). The molecule has 1 N–H and O–H groups in total. The molecule has 1 saturated heterocycles. The third-order valence-electron chi connectivity index (χ3n) is 4.84.